The Kier molecular flexibility index (Phi) is 4.48. The first-order valence-electron chi connectivity index (χ1n) is 8.74. The minimum absolute atomic E-state index is 0.815. The van der Waals surface area contributed by atoms with Crippen molar-refractivity contribution in [1.29, 1.82) is 0 Å². The van der Waals surface area contributed by atoms with Gasteiger partial charge in [0.15, 0.2) is 0 Å². The average molecular weight is 264 g/mol. The maximum atomic E-state index is 4.02. The molecule has 3 rings (SSSR count). The molecule has 19 heavy (non-hydrogen) atoms. The molecule has 3 aliphatic rings. The third-order valence-corrected chi connectivity index (χ3v) is 6.24. The molecule has 0 aromatic rings. The second kappa shape index (κ2) is 6.13. The highest BCUT2D eigenvalue weighted by Gasteiger charge is 2.36. The molecule has 1 aliphatic carbocycles. The fourth-order valence-electron chi connectivity index (χ4n) is 4.82. The number of hydrogen-bond donors (Lipinski definition) is 1. The lowest BCUT2D eigenvalue weighted by atomic mass is 9.80. The minimum Gasteiger partial charge on any atom is -0.311 e. The zero-order valence-electron chi connectivity index (χ0n) is 12.9. The maximum absolute atomic E-state index is 4.02. The van der Waals surface area contributed by atoms with Gasteiger partial charge in [0.2, 0.25) is 0 Å². The lowest BCUT2D eigenvalue weighted by Gasteiger charge is -2.48. The van der Waals surface area contributed by atoms with Gasteiger partial charge in [-0.3, -0.25) is 0 Å². The Balaban J connectivity index is 1.48. The summed E-state index contributed by atoms with van der Waals surface area (Å²) < 4.78 is 0. The molecule has 2 bridgehead atoms. The second-order valence-corrected chi connectivity index (χ2v) is 7.36. The molecular formula is C17H32N2. The predicted molar refractivity (Wildman–Crippen MR) is 81.4 cm³/mol. The Morgan fingerprint density at radius 3 is 2.11 bits per heavy atom. The largest absolute Gasteiger partial charge is 0.311 e. The summed E-state index contributed by atoms with van der Waals surface area (Å²) >= 11 is 0. The molecule has 2 nitrogen and oxygen atoms in total. The van der Waals surface area contributed by atoms with E-state index < -0.39 is 0 Å². The predicted octanol–water partition coefficient (Wildman–Crippen LogP) is 3.56. The number of rotatable bonds is 3. The molecule has 110 valence electrons. The molecule has 2 heteroatoms. The SMILES string of the molecule is CCC1CCC(NC2CC3CCCC(C2)N3C)CC1. The van der Waals surface area contributed by atoms with E-state index in [1.807, 2.05) is 0 Å². The molecule has 2 heterocycles. The summed E-state index contributed by atoms with van der Waals surface area (Å²) in [4.78, 5) is 2.68. The summed E-state index contributed by atoms with van der Waals surface area (Å²) in [6.07, 6.45) is 14.3. The van der Waals surface area contributed by atoms with Crippen LogP contribution in [0.3, 0.4) is 0 Å². The van der Waals surface area contributed by atoms with E-state index in [-0.39, 0.29) is 0 Å². The third kappa shape index (κ3) is 3.16. The molecule has 0 spiro atoms. The number of fused-ring (bicyclic) bond motifs is 2. The van der Waals surface area contributed by atoms with Gasteiger partial charge in [0, 0.05) is 24.2 Å². The Hall–Kier alpha value is -0.0800. The lowest BCUT2D eigenvalue weighted by molar-refractivity contribution is 0.0437. The van der Waals surface area contributed by atoms with Gasteiger partial charge in [-0.2, -0.15) is 0 Å². The zero-order valence-corrected chi connectivity index (χ0v) is 12.9. The molecule has 0 radical (unpaired) electrons. The lowest BCUT2D eigenvalue weighted by Crippen LogP contribution is -2.56. The molecule has 2 aliphatic heterocycles. The van der Waals surface area contributed by atoms with E-state index in [0.717, 1.165) is 30.1 Å². The summed E-state index contributed by atoms with van der Waals surface area (Å²) in [5.41, 5.74) is 0. The van der Waals surface area contributed by atoms with E-state index in [1.165, 1.54) is 64.2 Å². The van der Waals surface area contributed by atoms with Gasteiger partial charge in [0.05, 0.1) is 0 Å². The maximum Gasteiger partial charge on any atom is 0.0110 e. The van der Waals surface area contributed by atoms with Gasteiger partial charge in [-0.05, 0) is 64.3 Å². The fourth-order valence-corrected chi connectivity index (χ4v) is 4.82. The Bertz CT molecular complexity index is 269. The minimum atomic E-state index is 0.815. The molecule has 0 aromatic carbocycles. The van der Waals surface area contributed by atoms with Crippen LogP contribution in [0.15, 0.2) is 0 Å². The van der Waals surface area contributed by atoms with E-state index in [1.54, 1.807) is 0 Å². The van der Waals surface area contributed by atoms with Crippen LogP contribution in [0.25, 0.3) is 0 Å². The van der Waals surface area contributed by atoms with Crippen LogP contribution in [0.4, 0.5) is 0 Å². The molecule has 0 aromatic heterocycles. The van der Waals surface area contributed by atoms with Crippen molar-refractivity contribution < 1.29 is 0 Å². The Labute approximate surface area is 119 Å². The monoisotopic (exact) mass is 264 g/mol. The standard InChI is InChI=1S/C17H32N2/c1-3-13-7-9-14(10-8-13)18-15-11-16-5-4-6-17(12-15)19(16)2/h13-18H,3-12H2,1-2H3. The van der Waals surface area contributed by atoms with E-state index in [2.05, 4.69) is 24.2 Å². The summed E-state index contributed by atoms with van der Waals surface area (Å²) in [5.74, 6) is 1.02. The topological polar surface area (TPSA) is 15.3 Å². The van der Waals surface area contributed by atoms with Crippen molar-refractivity contribution in [1.82, 2.24) is 10.2 Å². The first-order valence-corrected chi connectivity index (χ1v) is 8.74. The molecular weight excluding hydrogens is 232 g/mol. The smallest absolute Gasteiger partial charge is 0.0110 e. The Morgan fingerprint density at radius 1 is 0.895 bits per heavy atom. The second-order valence-electron chi connectivity index (χ2n) is 7.36. The van der Waals surface area contributed by atoms with Crippen LogP contribution in [-0.2, 0) is 0 Å². The van der Waals surface area contributed by atoms with E-state index >= 15 is 0 Å². The normalized spacial score (nSPS) is 44.2. The van der Waals surface area contributed by atoms with Crippen molar-refractivity contribution in [2.45, 2.75) is 95.3 Å². The molecule has 2 saturated heterocycles. The number of piperidine rings is 2. The molecule has 2 unspecified atom stereocenters. The highest BCUT2D eigenvalue weighted by atomic mass is 15.2. The molecule has 1 saturated carbocycles. The van der Waals surface area contributed by atoms with Crippen molar-refractivity contribution in [2.24, 2.45) is 5.92 Å². The van der Waals surface area contributed by atoms with E-state index in [9.17, 15) is 0 Å². The molecule has 1 N–H and O–H groups in total. The highest BCUT2D eigenvalue weighted by Crippen LogP contribution is 2.34. The van der Waals surface area contributed by atoms with Gasteiger partial charge in [0.1, 0.15) is 0 Å². The van der Waals surface area contributed by atoms with Crippen LogP contribution >= 0.6 is 0 Å². The van der Waals surface area contributed by atoms with Gasteiger partial charge in [-0.25, -0.2) is 0 Å². The van der Waals surface area contributed by atoms with Crippen LogP contribution < -0.4 is 5.32 Å². The van der Waals surface area contributed by atoms with Gasteiger partial charge >= 0.3 is 0 Å². The van der Waals surface area contributed by atoms with Gasteiger partial charge < -0.3 is 10.2 Å². The van der Waals surface area contributed by atoms with Gasteiger partial charge in [-0.15, -0.1) is 0 Å². The molecule has 3 fully saturated rings. The third-order valence-electron chi connectivity index (χ3n) is 6.24. The van der Waals surface area contributed by atoms with Crippen LogP contribution in [0, 0.1) is 5.92 Å². The van der Waals surface area contributed by atoms with E-state index in [4.69, 9.17) is 0 Å². The van der Waals surface area contributed by atoms with Crippen LogP contribution in [0.2, 0.25) is 0 Å². The Morgan fingerprint density at radius 2 is 1.53 bits per heavy atom. The van der Waals surface area contributed by atoms with Crippen molar-refractivity contribution in [2.75, 3.05) is 7.05 Å². The number of nitrogens with one attached hydrogen (secondary N) is 1. The highest BCUT2D eigenvalue weighted by molar-refractivity contribution is 4.94. The van der Waals surface area contributed by atoms with Gasteiger partial charge in [0.25, 0.3) is 0 Å². The first kappa shape index (κ1) is 13.9. The summed E-state index contributed by atoms with van der Waals surface area (Å²) in [6.45, 7) is 2.36. The quantitative estimate of drug-likeness (QED) is 0.838. The van der Waals surface area contributed by atoms with Crippen LogP contribution in [-0.4, -0.2) is 36.1 Å². The van der Waals surface area contributed by atoms with Crippen molar-refractivity contribution in [3.05, 3.63) is 0 Å². The summed E-state index contributed by atoms with van der Waals surface area (Å²) in [5, 5.41) is 4.02. The van der Waals surface area contributed by atoms with E-state index in [0.29, 0.717) is 0 Å². The van der Waals surface area contributed by atoms with Crippen LogP contribution in [0.5, 0.6) is 0 Å². The van der Waals surface area contributed by atoms with Crippen molar-refractivity contribution in [3.8, 4) is 0 Å². The zero-order chi connectivity index (χ0) is 13.2. The number of nitrogens with zero attached hydrogens (tertiary/aromatic N) is 1. The summed E-state index contributed by atoms with van der Waals surface area (Å²) in [7, 11) is 2.36. The average Bonchev–Trinajstić information content (AvgIpc) is 2.41. The fraction of sp³-hybridized carbons (Fsp3) is 1.00. The number of hydrogen-bond acceptors (Lipinski definition) is 2. The first-order chi connectivity index (χ1) is 9.26. The van der Waals surface area contributed by atoms with Crippen molar-refractivity contribution >= 4 is 0 Å². The summed E-state index contributed by atoms with van der Waals surface area (Å²) in [6, 6.07) is 3.39. The molecule has 0 amide bonds. The van der Waals surface area contributed by atoms with Gasteiger partial charge in [-0.1, -0.05) is 19.8 Å². The molecule has 2 atom stereocenters. The van der Waals surface area contributed by atoms with Crippen LogP contribution in [0.1, 0.15) is 71.1 Å². The van der Waals surface area contributed by atoms with Crippen molar-refractivity contribution in [3.63, 3.8) is 0 Å².